The number of ether oxygens (including phenoxy) is 1. The van der Waals surface area contributed by atoms with E-state index in [2.05, 4.69) is 10.3 Å². The lowest BCUT2D eigenvalue weighted by atomic mass is 9.73. The molecular weight excluding hydrogens is 594 g/mol. The Hall–Kier alpha value is -3.74. The molecule has 11 nitrogen and oxygen atoms in total. The average molecular weight is 638 g/mol. The smallest absolute Gasteiger partial charge is 0.321 e. The Kier molecular flexibility index (Phi) is 9.12. The Balaban J connectivity index is 1.38. The van der Waals surface area contributed by atoms with Gasteiger partial charge in [0.1, 0.15) is 12.6 Å². The summed E-state index contributed by atoms with van der Waals surface area (Å²) in [5.74, 6) is -1.19. The minimum atomic E-state index is -3.74. The van der Waals surface area contributed by atoms with Gasteiger partial charge in [0.25, 0.3) is 0 Å². The van der Waals surface area contributed by atoms with Gasteiger partial charge < -0.3 is 25.7 Å². The molecule has 3 aromatic rings. The first-order valence-electron chi connectivity index (χ1n) is 15.4. The van der Waals surface area contributed by atoms with E-state index in [4.69, 9.17) is 10.5 Å². The van der Waals surface area contributed by atoms with Gasteiger partial charge in [-0.25, -0.2) is 8.42 Å². The molecule has 5 rings (SSSR count). The molecule has 45 heavy (non-hydrogen) atoms. The van der Waals surface area contributed by atoms with Crippen molar-refractivity contribution in [3.63, 3.8) is 0 Å². The number of nitrogens with two attached hydrogens (primary N) is 1. The first-order chi connectivity index (χ1) is 21.2. The van der Waals surface area contributed by atoms with Gasteiger partial charge in [0.05, 0.1) is 24.4 Å². The Morgan fingerprint density at radius 3 is 2.47 bits per heavy atom. The molecule has 0 saturated carbocycles. The number of aromatic nitrogens is 1. The number of hydrogen-bond donors (Lipinski definition) is 3. The quantitative estimate of drug-likeness (QED) is 0.289. The number of carbonyl (C=O) groups excluding carboxylic acids is 3. The number of esters is 1. The largest absolute Gasteiger partial charge is 0.465 e. The molecule has 4 N–H and O–H groups in total. The van der Waals surface area contributed by atoms with Gasteiger partial charge in [-0.05, 0) is 62.8 Å². The molecule has 242 valence electrons. The molecule has 1 fully saturated rings. The van der Waals surface area contributed by atoms with E-state index < -0.39 is 39.5 Å². The van der Waals surface area contributed by atoms with E-state index in [-0.39, 0.29) is 24.5 Å². The fourth-order valence-electron chi connectivity index (χ4n) is 6.82. The first-order valence-corrected chi connectivity index (χ1v) is 17.2. The number of H-pyrrole nitrogens is 1. The number of nitrogens with one attached hydrogen (secondary N) is 2. The number of aromatic amines is 1. The van der Waals surface area contributed by atoms with Crippen molar-refractivity contribution in [2.75, 3.05) is 32.5 Å². The number of hydrogen-bond acceptors (Lipinski definition) is 7. The molecule has 1 spiro atoms. The van der Waals surface area contributed by atoms with Crippen LogP contribution in [0.3, 0.4) is 0 Å². The second-order valence-corrected chi connectivity index (χ2v) is 14.8. The Morgan fingerprint density at radius 2 is 1.80 bits per heavy atom. The fourth-order valence-corrected chi connectivity index (χ4v) is 7.81. The van der Waals surface area contributed by atoms with E-state index in [0.717, 1.165) is 33.8 Å². The Morgan fingerprint density at radius 1 is 1.13 bits per heavy atom. The number of carbonyl (C=O) groups is 3. The van der Waals surface area contributed by atoms with Crippen LogP contribution in [0, 0.1) is 0 Å². The van der Waals surface area contributed by atoms with E-state index in [0.29, 0.717) is 38.8 Å². The van der Waals surface area contributed by atoms with Crippen LogP contribution in [0.15, 0.2) is 54.7 Å². The molecular formula is C33H43N5O6S. The normalized spacial score (nSPS) is 18.6. The SMILES string of the molecule is CCOC(=O)CN([C@@H]1CC2(CCN(C(=O)C(Cc3c[nH]c4ccccc34)NC(=O)C(C)(C)N)CC2)c2ccccc21)S(C)(=O)=O. The second kappa shape index (κ2) is 12.6. The summed E-state index contributed by atoms with van der Waals surface area (Å²) in [6, 6.07) is 14.3. The van der Waals surface area contributed by atoms with Crippen molar-refractivity contribution in [2.24, 2.45) is 5.73 Å². The van der Waals surface area contributed by atoms with Gasteiger partial charge in [0.2, 0.25) is 21.8 Å². The summed E-state index contributed by atoms with van der Waals surface area (Å²) in [6.07, 6.45) is 5.01. The van der Waals surface area contributed by atoms with Crippen molar-refractivity contribution < 1.29 is 27.5 Å². The zero-order chi connectivity index (χ0) is 32.6. The summed E-state index contributed by atoms with van der Waals surface area (Å²) in [5, 5.41) is 3.90. The molecule has 0 radical (unpaired) electrons. The van der Waals surface area contributed by atoms with Crippen LogP contribution in [0.1, 0.15) is 62.8 Å². The van der Waals surface area contributed by atoms with Crippen molar-refractivity contribution in [3.05, 3.63) is 71.4 Å². The van der Waals surface area contributed by atoms with E-state index in [1.54, 1.807) is 25.7 Å². The van der Waals surface area contributed by atoms with Crippen LogP contribution >= 0.6 is 0 Å². The monoisotopic (exact) mass is 637 g/mol. The standard InChI is InChI=1S/C33H43N5O6S/c1-5-44-29(39)21-38(45(4,42)43)28-19-33(25-12-8-6-11-24(25)28)14-16-37(17-15-33)30(40)27(36-31(41)32(2,3)34)18-22-20-35-26-13-9-7-10-23(22)26/h6-13,20,27-28,35H,5,14-19,21,34H2,1-4H3,(H,36,41)/t27?,28-/m1/s1. The van der Waals surface area contributed by atoms with Crippen molar-refractivity contribution in [1.82, 2.24) is 19.5 Å². The highest BCUT2D eigenvalue weighted by molar-refractivity contribution is 7.88. The number of piperidine rings is 1. The first kappa shape index (κ1) is 32.6. The van der Waals surface area contributed by atoms with Crippen LogP contribution < -0.4 is 11.1 Å². The summed E-state index contributed by atoms with van der Waals surface area (Å²) in [4.78, 5) is 44.5. The molecule has 0 bridgehead atoms. The van der Waals surface area contributed by atoms with Crippen molar-refractivity contribution in [1.29, 1.82) is 0 Å². The third kappa shape index (κ3) is 6.78. The van der Waals surface area contributed by atoms with Crippen molar-refractivity contribution in [2.45, 2.75) is 69.5 Å². The number of sulfonamides is 1. The lowest BCUT2D eigenvalue weighted by molar-refractivity contribution is -0.143. The molecule has 1 aliphatic carbocycles. The number of likely N-dealkylation sites (tertiary alicyclic amines) is 1. The van der Waals surface area contributed by atoms with Crippen LogP contribution in [0.5, 0.6) is 0 Å². The minimum absolute atomic E-state index is 0.163. The van der Waals surface area contributed by atoms with Gasteiger partial charge in [-0.2, -0.15) is 4.31 Å². The van der Waals surface area contributed by atoms with Gasteiger partial charge in [-0.15, -0.1) is 0 Å². The topological polar surface area (TPSA) is 155 Å². The minimum Gasteiger partial charge on any atom is -0.465 e. The van der Waals surface area contributed by atoms with Crippen molar-refractivity contribution >= 4 is 38.7 Å². The average Bonchev–Trinajstić information content (AvgIpc) is 3.54. The highest BCUT2D eigenvalue weighted by Crippen LogP contribution is 2.53. The van der Waals surface area contributed by atoms with Crippen molar-refractivity contribution in [3.8, 4) is 0 Å². The molecule has 1 aromatic heterocycles. The summed E-state index contributed by atoms with van der Waals surface area (Å²) in [6.45, 7) is 5.57. The predicted molar refractivity (Wildman–Crippen MR) is 172 cm³/mol. The highest BCUT2D eigenvalue weighted by atomic mass is 32.2. The maximum Gasteiger partial charge on any atom is 0.321 e. The molecule has 1 unspecified atom stereocenters. The number of para-hydroxylation sites is 1. The zero-order valence-electron chi connectivity index (χ0n) is 26.3. The molecule has 2 amide bonds. The number of amides is 2. The van der Waals surface area contributed by atoms with Crippen LogP contribution in [0.2, 0.25) is 0 Å². The third-order valence-corrected chi connectivity index (χ3v) is 10.4. The molecule has 2 atom stereocenters. The maximum absolute atomic E-state index is 14.1. The number of benzene rings is 2. The van der Waals surface area contributed by atoms with Gasteiger partial charge >= 0.3 is 5.97 Å². The Bertz CT molecular complexity index is 1690. The highest BCUT2D eigenvalue weighted by Gasteiger charge is 2.49. The molecule has 1 saturated heterocycles. The van der Waals surface area contributed by atoms with Gasteiger partial charge in [-0.1, -0.05) is 42.5 Å². The lowest BCUT2D eigenvalue weighted by Crippen LogP contribution is -2.58. The van der Waals surface area contributed by atoms with Crippen LogP contribution in [-0.4, -0.2) is 84.5 Å². The number of fused-ring (bicyclic) bond motifs is 3. The van der Waals surface area contributed by atoms with Crippen LogP contribution in [-0.2, 0) is 41.0 Å². The van der Waals surface area contributed by atoms with Gasteiger partial charge in [0.15, 0.2) is 0 Å². The van der Waals surface area contributed by atoms with Crippen LogP contribution in [0.4, 0.5) is 0 Å². The van der Waals surface area contributed by atoms with E-state index in [1.165, 1.54) is 4.31 Å². The number of nitrogens with zero attached hydrogens (tertiary/aromatic N) is 2. The third-order valence-electron chi connectivity index (χ3n) is 9.16. The lowest BCUT2D eigenvalue weighted by Gasteiger charge is -2.42. The van der Waals surface area contributed by atoms with Crippen LogP contribution in [0.25, 0.3) is 10.9 Å². The molecule has 2 heterocycles. The Labute approximate surface area is 264 Å². The number of rotatable bonds is 10. The predicted octanol–water partition coefficient (Wildman–Crippen LogP) is 2.76. The molecule has 1 aliphatic heterocycles. The fraction of sp³-hybridized carbons (Fsp3) is 0.485. The van der Waals surface area contributed by atoms with Gasteiger partial charge in [-0.3, -0.25) is 14.4 Å². The summed E-state index contributed by atoms with van der Waals surface area (Å²) in [5.41, 5.74) is 8.35. The van der Waals surface area contributed by atoms with E-state index >= 15 is 0 Å². The van der Waals surface area contributed by atoms with E-state index in [1.807, 2.05) is 54.7 Å². The zero-order valence-corrected chi connectivity index (χ0v) is 27.2. The second-order valence-electron chi connectivity index (χ2n) is 12.8. The summed E-state index contributed by atoms with van der Waals surface area (Å²) in [7, 11) is -3.74. The molecule has 12 heteroatoms. The molecule has 2 aliphatic rings. The summed E-state index contributed by atoms with van der Waals surface area (Å²) < 4.78 is 32.2. The summed E-state index contributed by atoms with van der Waals surface area (Å²) >= 11 is 0. The maximum atomic E-state index is 14.1. The van der Waals surface area contributed by atoms with Gasteiger partial charge in [0, 0.05) is 42.0 Å². The molecule has 2 aromatic carbocycles. The van der Waals surface area contributed by atoms with E-state index in [9.17, 15) is 22.8 Å².